The summed E-state index contributed by atoms with van der Waals surface area (Å²) in [4.78, 5) is 27.4. The van der Waals surface area contributed by atoms with Gasteiger partial charge in [0.05, 0.1) is 11.6 Å². The van der Waals surface area contributed by atoms with Gasteiger partial charge in [-0.25, -0.2) is 9.18 Å². The number of anilines is 2. The van der Waals surface area contributed by atoms with Gasteiger partial charge in [-0.3, -0.25) is 4.79 Å². The lowest BCUT2D eigenvalue weighted by molar-refractivity contribution is -0.121. The number of amides is 3. The van der Waals surface area contributed by atoms with Gasteiger partial charge in [-0.05, 0) is 61.7 Å². The summed E-state index contributed by atoms with van der Waals surface area (Å²) in [5, 5.41) is 5.82. The number of halogens is 1. The summed E-state index contributed by atoms with van der Waals surface area (Å²) >= 11 is 0. The van der Waals surface area contributed by atoms with E-state index in [4.69, 9.17) is 4.74 Å². The van der Waals surface area contributed by atoms with E-state index in [-0.39, 0.29) is 17.9 Å². The highest BCUT2D eigenvalue weighted by atomic mass is 19.1. The molecule has 33 heavy (non-hydrogen) atoms. The summed E-state index contributed by atoms with van der Waals surface area (Å²) < 4.78 is 19.3. The SMILES string of the molecule is Cc1cccc(NC(=O)N2CCCC(C(=O)Nc3ccccc3Oc3cccc(F)c3)C2)c1. The molecule has 3 aromatic rings. The van der Waals surface area contributed by atoms with Crippen LogP contribution in [0.1, 0.15) is 18.4 Å². The topological polar surface area (TPSA) is 70.7 Å². The fraction of sp³-hybridized carbons (Fsp3) is 0.231. The summed E-state index contributed by atoms with van der Waals surface area (Å²) in [6.45, 7) is 2.89. The van der Waals surface area contributed by atoms with Gasteiger partial charge in [0.25, 0.3) is 0 Å². The van der Waals surface area contributed by atoms with E-state index in [0.29, 0.717) is 36.7 Å². The molecule has 1 fully saturated rings. The molecule has 1 atom stereocenters. The Morgan fingerprint density at radius 2 is 1.82 bits per heavy atom. The molecule has 1 aliphatic heterocycles. The van der Waals surface area contributed by atoms with Gasteiger partial charge in [-0.15, -0.1) is 0 Å². The highest BCUT2D eigenvalue weighted by molar-refractivity contribution is 5.95. The van der Waals surface area contributed by atoms with Gasteiger partial charge >= 0.3 is 6.03 Å². The zero-order valence-corrected chi connectivity index (χ0v) is 18.4. The van der Waals surface area contributed by atoms with Gasteiger partial charge in [0.2, 0.25) is 5.91 Å². The van der Waals surface area contributed by atoms with E-state index in [0.717, 1.165) is 17.7 Å². The second kappa shape index (κ2) is 10.2. The Morgan fingerprint density at radius 1 is 1.00 bits per heavy atom. The number of aryl methyl sites for hydroxylation is 1. The molecule has 6 nitrogen and oxygen atoms in total. The Morgan fingerprint density at radius 3 is 2.64 bits per heavy atom. The van der Waals surface area contributed by atoms with E-state index >= 15 is 0 Å². The molecule has 1 heterocycles. The predicted molar refractivity (Wildman–Crippen MR) is 126 cm³/mol. The van der Waals surface area contributed by atoms with E-state index in [1.807, 2.05) is 31.2 Å². The molecule has 0 saturated carbocycles. The van der Waals surface area contributed by atoms with Crippen molar-refractivity contribution in [2.75, 3.05) is 23.7 Å². The van der Waals surface area contributed by atoms with Crippen LogP contribution in [0.2, 0.25) is 0 Å². The summed E-state index contributed by atoms with van der Waals surface area (Å²) in [6, 6.07) is 20.2. The first-order chi connectivity index (χ1) is 16.0. The molecule has 0 spiro atoms. The van der Waals surface area contributed by atoms with Crippen LogP contribution in [-0.2, 0) is 4.79 Å². The van der Waals surface area contributed by atoms with Crippen LogP contribution in [0, 0.1) is 18.7 Å². The summed E-state index contributed by atoms with van der Waals surface area (Å²) in [5.74, 6) is -0.169. The Hall–Kier alpha value is -3.87. The van der Waals surface area contributed by atoms with Gasteiger partial charge in [-0.2, -0.15) is 0 Å². The average Bonchev–Trinajstić information content (AvgIpc) is 2.80. The molecule has 0 aliphatic carbocycles. The fourth-order valence-electron chi connectivity index (χ4n) is 3.85. The van der Waals surface area contributed by atoms with Gasteiger partial charge in [0.15, 0.2) is 5.75 Å². The smallest absolute Gasteiger partial charge is 0.321 e. The van der Waals surface area contributed by atoms with Crippen LogP contribution < -0.4 is 15.4 Å². The maximum absolute atomic E-state index is 13.5. The number of carbonyl (C=O) groups is 2. The molecular formula is C26H26FN3O3. The van der Waals surface area contributed by atoms with Crippen LogP contribution in [0.25, 0.3) is 0 Å². The molecule has 1 saturated heterocycles. The van der Waals surface area contributed by atoms with E-state index < -0.39 is 5.82 Å². The van der Waals surface area contributed by atoms with Crippen LogP contribution in [0.4, 0.5) is 20.6 Å². The molecule has 3 aromatic carbocycles. The predicted octanol–water partition coefficient (Wildman–Crippen LogP) is 5.81. The van der Waals surface area contributed by atoms with E-state index in [9.17, 15) is 14.0 Å². The molecular weight excluding hydrogens is 421 g/mol. The van der Waals surface area contributed by atoms with Crippen molar-refractivity contribution in [2.24, 2.45) is 5.92 Å². The number of likely N-dealkylation sites (tertiary alicyclic amines) is 1. The maximum Gasteiger partial charge on any atom is 0.321 e. The van der Waals surface area contributed by atoms with Crippen LogP contribution in [-0.4, -0.2) is 29.9 Å². The average molecular weight is 448 g/mol. The summed E-state index contributed by atoms with van der Waals surface area (Å²) in [7, 11) is 0. The first kappa shape index (κ1) is 22.3. The fourth-order valence-corrected chi connectivity index (χ4v) is 3.85. The Bertz CT molecular complexity index is 1150. The van der Waals surface area contributed by atoms with Crippen molar-refractivity contribution in [2.45, 2.75) is 19.8 Å². The minimum atomic E-state index is -0.403. The molecule has 7 heteroatoms. The molecule has 170 valence electrons. The van der Waals surface area contributed by atoms with Crippen molar-refractivity contribution < 1.29 is 18.7 Å². The van der Waals surface area contributed by atoms with Crippen LogP contribution >= 0.6 is 0 Å². The molecule has 0 radical (unpaired) electrons. The lowest BCUT2D eigenvalue weighted by atomic mass is 9.97. The number of nitrogens with zero attached hydrogens (tertiary/aromatic N) is 1. The van der Waals surface area contributed by atoms with E-state index in [1.165, 1.54) is 12.1 Å². The Labute approximate surface area is 192 Å². The number of hydrogen-bond donors (Lipinski definition) is 2. The van der Waals surface area contributed by atoms with Gasteiger partial charge in [0, 0.05) is 24.8 Å². The minimum absolute atomic E-state index is 0.182. The number of nitrogens with one attached hydrogen (secondary N) is 2. The zero-order chi connectivity index (χ0) is 23.2. The van der Waals surface area contributed by atoms with Crippen molar-refractivity contribution in [3.05, 3.63) is 84.2 Å². The number of piperidine rings is 1. The number of rotatable bonds is 5. The molecule has 2 N–H and O–H groups in total. The van der Waals surface area contributed by atoms with Crippen LogP contribution in [0.5, 0.6) is 11.5 Å². The number of hydrogen-bond acceptors (Lipinski definition) is 3. The van der Waals surface area contributed by atoms with Gasteiger partial charge in [-0.1, -0.05) is 30.3 Å². The number of ether oxygens (including phenoxy) is 1. The lowest BCUT2D eigenvalue weighted by Crippen LogP contribution is -2.45. The molecule has 1 aliphatic rings. The molecule has 1 unspecified atom stereocenters. The van der Waals surface area contributed by atoms with Crippen molar-refractivity contribution >= 4 is 23.3 Å². The highest BCUT2D eigenvalue weighted by Crippen LogP contribution is 2.30. The molecule has 0 aromatic heterocycles. The molecule has 4 rings (SSSR count). The summed E-state index contributed by atoms with van der Waals surface area (Å²) in [5.41, 5.74) is 2.28. The van der Waals surface area contributed by atoms with Gasteiger partial charge < -0.3 is 20.3 Å². The number of benzene rings is 3. The minimum Gasteiger partial charge on any atom is -0.455 e. The van der Waals surface area contributed by atoms with Crippen molar-refractivity contribution in [3.8, 4) is 11.5 Å². The lowest BCUT2D eigenvalue weighted by Gasteiger charge is -2.32. The molecule has 0 bridgehead atoms. The van der Waals surface area contributed by atoms with Crippen molar-refractivity contribution in [1.29, 1.82) is 0 Å². The van der Waals surface area contributed by atoms with Crippen molar-refractivity contribution in [1.82, 2.24) is 4.90 Å². The summed E-state index contributed by atoms with van der Waals surface area (Å²) in [6.07, 6.45) is 1.42. The number of carbonyl (C=O) groups excluding carboxylic acids is 2. The Balaban J connectivity index is 1.40. The third kappa shape index (κ3) is 5.88. The standard InChI is InChI=1S/C26H26FN3O3/c1-18-7-4-10-21(15-18)28-26(32)30-14-6-8-19(17-30)25(31)29-23-12-2-3-13-24(23)33-22-11-5-9-20(27)16-22/h2-5,7,9-13,15-16,19H,6,8,14,17H2,1H3,(H,28,32)(H,29,31). The van der Waals surface area contributed by atoms with E-state index in [1.54, 1.807) is 41.3 Å². The monoisotopic (exact) mass is 447 g/mol. The number of para-hydroxylation sites is 2. The third-order valence-electron chi connectivity index (χ3n) is 5.52. The largest absolute Gasteiger partial charge is 0.455 e. The number of urea groups is 1. The first-order valence-electron chi connectivity index (χ1n) is 10.9. The second-order valence-electron chi connectivity index (χ2n) is 8.13. The maximum atomic E-state index is 13.5. The Kier molecular flexibility index (Phi) is 6.88. The third-order valence-corrected chi connectivity index (χ3v) is 5.52. The second-order valence-corrected chi connectivity index (χ2v) is 8.13. The van der Waals surface area contributed by atoms with Crippen LogP contribution in [0.3, 0.4) is 0 Å². The van der Waals surface area contributed by atoms with Crippen molar-refractivity contribution in [3.63, 3.8) is 0 Å². The quantitative estimate of drug-likeness (QED) is 0.519. The zero-order valence-electron chi connectivity index (χ0n) is 18.4. The molecule has 3 amide bonds. The first-order valence-corrected chi connectivity index (χ1v) is 10.9. The highest BCUT2D eigenvalue weighted by Gasteiger charge is 2.29. The van der Waals surface area contributed by atoms with Crippen LogP contribution in [0.15, 0.2) is 72.8 Å². The van der Waals surface area contributed by atoms with E-state index in [2.05, 4.69) is 10.6 Å². The van der Waals surface area contributed by atoms with Gasteiger partial charge in [0.1, 0.15) is 11.6 Å². The normalized spacial score (nSPS) is 15.6.